The summed E-state index contributed by atoms with van der Waals surface area (Å²) in [6.45, 7) is 9.14. The van der Waals surface area contributed by atoms with Crippen molar-refractivity contribution in [3.8, 4) is 0 Å². The molecule has 0 unspecified atom stereocenters. The minimum absolute atomic E-state index is 0.0706. The Bertz CT molecular complexity index is 978. The lowest BCUT2D eigenvalue weighted by Crippen LogP contribution is -2.24. The third-order valence-corrected chi connectivity index (χ3v) is 6.47. The van der Waals surface area contributed by atoms with Crippen LogP contribution in [0.1, 0.15) is 57.4 Å². The van der Waals surface area contributed by atoms with Crippen molar-refractivity contribution in [3.63, 3.8) is 0 Å². The van der Waals surface area contributed by atoms with Gasteiger partial charge in [0.1, 0.15) is 0 Å². The SMILES string of the molecule is CCCCN(Cc1ccc(C(=O)NCc2cccc(CN)c2)cc1)c1nc(C)c(C)s1. The Labute approximate surface area is 189 Å². The second-order valence-corrected chi connectivity index (χ2v) is 9.00. The lowest BCUT2D eigenvalue weighted by atomic mass is 10.1. The lowest BCUT2D eigenvalue weighted by molar-refractivity contribution is 0.0951. The monoisotopic (exact) mass is 436 g/mol. The molecule has 0 radical (unpaired) electrons. The molecule has 6 heteroatoms. The highest BCUT2D eigenvalue weighted by Gasteiger charge is 2.13. The number of benzene rings is 2. The molecule has 1 aromatic heterocycles. The van der Waals surface area contributed by atoms with E-state index in [4.69, 9.17) is 10.7 Å². The first-order valence-corrected chi connectivity index (χ1v) is 11.7. The number of carbonyl (C=O) groups excluding carboxylic acids is 1. The van der Waals surface area contributed by atoms with Gasteiger partial charge in [0.05, 0.1) is 5.69 Å². The van der Waals surface area contributed by atoms with E-state index in [1.54, 1.807) is 11.3 Å². The minimum Gasteiger partial charge on any atom is -0.348 e. The van der Waals surface area contributed by atoms with E-state index in [1.165, 1.54) is 10.4 Å². The summed E-state index contributed by atoms with van der Waals surface area (Å²) in [4.78, 5) is 20.9. The maximum absolute atomic E-state index is 12.6. The van der Waals surface area contributed by atoms with Crippen LogP contribution in [-0.4, -0.2) is 17.4 Å². The zero-order chi connectivity index (χ0) is 22.2. The Kier molecular flexibility index (Phi) is 8.20. The molecule has 5 nitrogen and oxygen atoms in total. The number of nitrogens with one attached hydrogen (secondary N) is 1. The van der Waals surface area contributed by atoms with Gasteiger partial charge in [-0.05, 0) is 49.1 Å². The van der Waals surface area contributed by atoms with E-state index in [9.17, 15) is 4.79 Å². The van der Waals surface area contributed by atoms with Crippen molar-refractivity contribution in [3.05, 3.63) is 81.4 Å². The summed E-state index contributed by atoms with van der Waals surface area (Å²) in [5, 5.41) is 4.07. The van der Waals surface area contributed by atoms with E-state index in [-0.39, 0.29) is 5.91 Å². The van der Waals surface area contributed by atoms with Crippen LogP contribution in [-0.2, 0) is 19.6 Å². The molecule has 3 rings (SSSR count). The number of aryl methyl sites for hydroxylation is 2. The summed E-state index contributed by atoms with van der Waals surface area (Å²) in [5.74, 6) is -0.0706. The summed E-state index contributed by atoms with van der Waals surface area (Å²) in [5.41, 5.74) is 10.8. The van der Waals surface area contributed by atoms with Crippen molar-refractivity contribution < 1.29 is 4.79 Å². The van der Waals surface area contributed by atoms with Gasteiger partial charge in [-0.2, -0.15) is 0 Å². The first-order valence-electron chi connectivity index (χ1n) is 10.8. The van der Waals surface area contributed by atoms with E-state index in [0.717, 1.165) is 47.9 Å². The van der Waals surface area contributed by atoms with Crippen LogP contribution in [0.3, 0.4) is 0 Å². The van der Waals surface area contributed by atoms with Crippen LogP contribution in [0.25, 0.3) is 0 Å². The standard InChI is InChI=1S/C25H32N4OS/c1-4-5-13-29(25-28-18(2)19(3)31-25)17-20-9-11-23(12-10-20)24(30)27-16-22-8-6-7-21(14-22)15-26/h6-12,14H,4-5,13,15-17,26H2,1-3H3,(H,27,30). The Morgan fingerprint density at radius 1 is 1.10 bits per heavy atom. The molecule has 2 aromatic carbocycles. The summed E-state index contributed by atoms with van der Waals surface area (Å²) in [6, 6.07) is 15.9. The minimum atomic E-state index is -0.0706. The zero-order valence-electron chi connectivity index (χ0n) is 18.6. The summed E-state index contributed by atoms with van der Waals surface area (Å²) in [6.07, 6.45) is 2.27. The van der Waals surface area contributed by atoms with E-state index in [2.05, 4.69) is 31.0 Å². The van der Waals surface area contributed by atoms with Crippen molar-refractivity contribution in [1.82, 2.24) is 10.3 Å². The van der Waals surface area contributed by atoms with Crippen LogP contribution >= 0.6 is 11.3 Å². The van der Waals surface area contributed by atoms with Gasteiger partial charge in [0, 0.05) is 36.6 Å². The third-order valence-electron chi connectivity index (χ3n) is 5.34. The molecule has 3 aromatic rings. The molecule has 3 N–H and O–H groups in total. The first-order chi connectivity index (χ1) is 15.0. The van der Waals surface area contributed by atoms with Gasteiger partial charge in [0.2, 0.25) is 0 Å². The molecule has 1 amide bonds. The van der Waals surface area contributed by atoms with E-state index in [0.29, 0.717) is 18.7 Å². The van der Waals surface area contributed by atoms with Gasteiger partial charge in [-0.3, -0.25) is 4.79 Å². The maximum atomic E-state index is 12.6. The van der Waals surface area contributed by atoms with Crippen LogP contribution < -0.4 is 16.0 Å². The number of aromatic nitrogens is 1. The van der Waals surface area contributed by atoms with Crippen molar-refractivity contribution >= 4 is 22.4 Å². The molecular formula is C25H32N4OS. The van der Waals surface area contributed by atoms with Crippen LogP contribution in [0.5, 0.6) is 0 Å². The molecule has 31 heavy (non-hydrogen) atoms. The number of amides is 1. The normalized spacial score (nSPS) is 10.8. The van der Waals surface area contributed by atoms with Crippen molar-refractivity contribution in [1.29, 1.82) is 0 Å². The van der Waals surface area contributed by atoms with Gasteiger partial charge in [-0.1, -0.05) is 49.7 Å². The Morgan fingerprint density at radius 2 is 1.84 bits per heavy atom. The molecule has 0 spiro atoms. The van der Waals surface area contributed by atoms with E-state index >= 15 is 0 Å². The topological polar surface area (TPSA) is 71.2 Å². The average molecular weight is 437 g/mol. The lowest BCUT2D eigenvalue weighted by Gasteiger charge is -2.22. The number of nitrogens with zero attached hydrogens (tertiary/aromatic N) is 2. The molecule has 0 saturated carbocycles. The Morgan fingerprint density at radius 3 is 2.48 bits per heavy atom. The molecule has 0 bridgehead atoms. The fourth-order valence-electron chi connectivity index (χ4n) is 3.32. The molecule has 0 fully saturated rings. The van der Waals surface area contributed by atoms with Crippen LogP contribution in [0, 0.1) is 13.8 Å². The third kappa shape index (κ3) is 6.39. The summed E-state index contributed by atoms with van der Waals surface area (Å²) < 4.78 is 0. The smallest absolute Gasteiger partial charge is 0.251 e. The van der Waals surface area contributed by atoms with E-state index in [1.807, 2.05) is 48.5 Å². The van der Waals surface area contributed by atoms with Crippen LogP contribution in [0.4, 0.5) is 5.13 Å². The van der Waals surface area contributed by atoms with Crippen LogP contribution in [0.15, 0.2) is 48.5 Å². The van der Waals surface area contributed by atoms with E-state index < -0.39 is 0 Å². The van der Waals surface area contributed by atoms with Gasteiger partial charge in [0.25, 0.3) is 5.91 Å². The van der Waals surface area contributed by atoms with Crippen molar-refractivity contribution in [2.75, 3.05) is 11.4 Å². The molecule has 0 atom stereocenters. The largest absolute Gasteiger partial charge is 0.348 e. The summed E-state index contributed by atoms with van der Waals surface area (Å²) in [7, 11) is 0. The van der Waals surface area contributed by atoms with Gasteiger partial charge < -0.3 is 16.0 Å². The second kappa shape index (κ2) is 11.1. The molecule has 0 aliphatic carbocycles. The van der Waals surface area contributed by atoms with Crippen molar-refractivity contribution in [2.45, 2.75) is 53.2 Å². The predicted molar refractivity (Wildman–Crippen MR) is 129 cm³/mol. The first kappa shape index (κ1) is 23.0. The molecule has 0 saturated heterocycles. The van der Waals surface area contributed by atoms with Gasteiger partial charge in [0.15, 0.2) is 5.13 Å². The van der Waals surface area contributed by atoms with Gasteiger partial charge in [-0.15, -0.1) is 11.3 Å². The second-order valence-electron chi connectivity index (χ2n) is 7.82. The number of hydrogen-bond acceptors (Lipinski definition) is 5. The molecular weight excluding hydrogens is 404 g/mol. The fraction of sp³-hybridized carbons (Fsp3) is 0.360. The molecule has 0 aliphatic rings. The quantitative estimate of drug-likeness (QED) is 0.471. The molecule has 1 heterocycles. The predicted octanol–water partition coefficient (Wildman–Crippen LogP) is 4.96. The fourth-order valence-corrected chi connectivity index (χ4v) is 4.25. The van der Waals surface area contributed by atoms with Gasteiger partial charge >= 0.3 is 0 Å². The highest BCUT2D eigenvalue weighted by molar-refractivity contribution is 7.15. The van der Waals surface area contributed by atoms with Crippen molar-refractivity contribution in [2.24, 2.45) is 5.73 Å². The number of rotatable bonds is 10. The maximum Gasteiger partial charge on any atom is 0.251 e. The zero-order valence-corrected chi connectivity index (χ0v) is 19.5. The number of carbonyl (C=O) groups is 1. The van der Waals surface area contributed by atoms with Crippen LogP contribution in [0.2, 0.25) is 0 Å². The Hall–Kier alpha value is -2.70. The molecule has 0 aliphatic heterocycles. The average Bonchev–Trinajstić information content (AvgIpc) is 3.13. The number of thiazole rings is 1. The highest BCUT2D eigenvalue weighted by Crippen LogP contribution is 2.27. The number of hydrogen-bond donors (Lipinski definition) is 2. The Balaban J connectivity index is 1.62. The highest BCUT2D eigenvalue weighted by atomic mass is 32.1. The van der Waals surface area contributed by atoms with Gasteiger partial charge in [-0.25, -0.2) is 4.98 Å². The molecule has 164 valence electrons. The number of unbranched alkanes of at least 4 members (excludes halogenated alkanes) is 1. The summed E-state index contributed by atoms with van der Waals surface area (Å²) >= 11 is 1.75. The number of nitrogens with two attached hydrogens (primary N) is 1. The number of anilines is 1.